The minimum atomic E-state index is -0.328. The predicted molar refractivity (Wildman–Crippen MR) is 80.9 cm³/mol. The molecule has 2 heterocycles. The van der Waals surface area contributed by atoms with Gasteiger partial charge in [-0.2, -0.15) is 0 Å². The fourth-order valence-electron chi connectivity index (χ4n) is 3.68. The summed E-state index contributed by atoms with van der Waals surface area (Å²) >= 11 is 0. The van der Waals surface area contributed by atoms with Crippen molar-refractivity contribution in [1.82, 2.24) is 4.90 Å². The van der Waals surface area contributed by atoms with Gasteiger partial charge in [0.05, 0.1) is 14.2 Å². The highest BCUT2D eigenvalue weighted by molar-refractivity contribution is 6.00. The van der Waals surface area contributed by atoms with Crippen molar-refractivity contribution in [2.75, 3.05) is 32.6 Å². The highest BCUT2D eigenvalue weighted by Gasteiger charge is 2.50. The number of fused-ring (bicyclic) bond motifs is 1. The van der Waals surface area contributed by atoms with Crippen LogP contribution in [-0.2, 0) is 4.79 Å². The lowest BCUT2D eigenvalue weighted by Crippen LogP contribution is -2.49. The van der Waals surface area contributed by atoms with Gasteiger partial charge >= 0.3 is 0 Å². The fourth-order valence-corrected chi connectivity index (χ4v) is 3.68. The van der Waals surface area contributed by atoms with Crippen LogP contribution in [-0.4, -0.2) is 43.7 Å². The van der Waals surface area contributed by atoms with E-state index in [1.807, 2.05) is 18.2 Å². The summed E-state index contributed by atoms with van der Waals surface area (Å²) in [5.41, 5.74) is 0.298. The molecular weight excluding hydrogens is 268 g/mol. The lowest BCUT2D eigenvalue weighted by Gasteiger charge is -2.30. The molecule has 0 spiro atoms. The lowest BCUT2D eigenvalue weighted by atomic mass is 9.93. The van der Waals surface area contributed by atoms with Crippen LogP contribution in [0.15, 0.2) is 18.2 Å². The number of nitrogens with zero attached hydrogens (tertiary/aromatic N) is 1. The van der Waals surface area contributed by atoms with Crippen LogP contribution in [0.5, 0.6) is 11.5 Å². The van der Waals surface area contributed by atoms with Gasteiger partial charge in [-0.1, -0.05) is 6.07 Å². The molecule has 0 saturated carbocycles. The van der Waals surface area contributed by atoms with E-state index in [9.17, 15) is 4.79 Å². The Balaban J connectivity index is 1.88. The number of methoxy groups -OCH3 is 2. The Morgan fingerprint density at radius 2 is 1.71 bits per heavy atom. The number of carbonyl (C=O) groups excluding carboxylic acids is 1. The molecule has 2 aliphatic rings. The molecule has 2 saturated heterocycles. The second-order valence-electron chi connectivity index (χ2n) is 5.72. The van der Waals surface area contributed by atoms with Gasteiger partial charge in [0.1, 0.15) is 22.7 Å². The van der Waals surface area contributed by atoms with Crippen molar-refractivity contribution < 1.29 is 14.3 Å². The molecule has 0 aromatic heterocycles. The van der Waals surface area contributed by atoms with E-state index in [2.05, 4.69) is 10.2 Å². The summed E-state index contributed by atoms with van der Waals surface area (Å²) in [6.45, 7) is 2.05. The van der Waals surface area contributed by atoms with E-state index in [1.54, 1.807) is 14.2 Å². The molecule has 5 heteroatoms. The van der Waals surface area contributed by atoms with E-state index < -0.39 is 0 Å². The highest BCUT2D eigenvalue weighted by atomic mass is 16.5. The van der Waals surface area contributed by atoms with Crippen LogP contribution in [0.1, 0.15) is 25.7 Å². The molecule has 21 heavy (non-hydrogen) atoms. The van der Waals surface area contributed by atoms with Crippen molar-refractivity contribution in [2.45, 2.75) is 31.2 Å². The third kappa shape index (κ3) is 2.25. The quantitative estimate of drug-likeness (QED) is 0.924. The van der Waals surface area contributed by atoms with Crippen molar-refractivity contribution in [3.63, 3.8) is 0 Å². The number of nitrogens with one attached hydrogen (secondary N) is 1. The molecule has 1 aromatic rings. The summed E-state index contributed by atoms with van der Waals surface area (Å²) in [6.07, 6.45) is 4.07. The maximum atomic E-state index is 12.9. The summed E-state index contributed by atoms with van der Waals surface area (Å²) < 4.78 is 10.7. The van der Waals surface area contributed by atoms with Gasteiger partial charge in [0.2, 0.25) is 5.91 Å². The normalized spacial score (nSPS) is 20.1. The Hall–Kier alpha value is -1.75. The van der Waals surface area contributed by atoms with E-state index in [-0.39, 0.29) is 11.4 Å². The molecule has 1 N–H and O–H groups in total. The number of anilines is 1. The lowest BCUT2D eigenvalue weighted by molar-refractivity contribution is -0.125. The molecule has 3 rings (SSSR count). The average Bonchev–Trinajstić information content (AvgIpc) is 3.07. The Morgan fingerprint density at radius 3 is 2.24 bits per heavy atom. The third-order valence-corrected chi connectivity index (χ3v) is 4.73. The second kappa shape index (κ2) is 5.56. The molecular formula is C16H22N2O3. The number of hydrogen-bond acceptors (Lipinski definition) is 4. The molecule has 0 radical (unpaired) electrons. The molecule has 1 aromatic carbocycles. The molecule has 0 atom stereocenters. The summed E-state index contributed by atoms with van der Waals surface area (Å²) in [5, 5.41) is 3.05. The largest absolute Gasteiger partial charge is 0.494 e. The van der Waals surface area contributed by atoms with E-state index in [1.165, 1.54) is 0 Å². The van der Waals surface area contributed by atoms with Gasteiger partial charge in [-0.15, -0.1) is 0 Å². The van der Waals surface area contributed by atoms with Crippen LogP contribution in [0.4, 0.5) is 5.69 Å². The number of carbonyl (C=O) groups is 1. The first-order chi connectivity index (χ1) is 10.2. The van der Waals surface area contributed by atoms with E-state index >= 15 is 0 Å². The van der Waals surface area contributed by atoms with Crippen molar-refractivity contribution in [1.29, 1.82) is 0 Å². The molecule has 5 nitrogen and oxygen atoms in total. The zero-order valence-electron chi connectivity index (χ0n) is 12.6. The van der Waals surface area contributed by atoms with Crippen LogP contribution in [0.2, 0.25) is 0 Å². The van der Waals surface area contributed by atoms with Crippen molar-refractivity contribution in [3.8, 4) is 11.5 Å². The zero-order chi connectivity index (χ0) is 14.9. The van der Waals surface area contributed by atoms with E-state index in [0.717, 1.165) is 38.8 Å². The predicted octanol–water partition coefficient (Wildman–Crippen LogP) is 2.27. The highest BCUT2D eigenvalue weighted by Crippen LogP contribution is 2.41. The van der Waals surface area contributed by atoms with Crippen molar-refractivity contribution >= 4 is 11.6 Å². The second-order valence-corrected chi connectivity index (χ2v) is 5.72. The maximum Gasteiger partial charge on any atom is 0.245 e. The number of amides is 1. The number of rotatable bonds is 4. The molecule has 2 fully saturated rings. The number of para-hydroxylation sites is 1. The number of benzene rings is 1. The summed E-state index contributed by atoms with van der Waals surface area (Å²) in [5.74, 6) is 1.32. The van der Waals surface area contributed by atoms with Crippen LogP contribution in [0, 0.1) is 0 Å². The number of ether oxygens (including phenoxy) is 2. The molecule has 0 aliphatic carbocycles. The summed E-state index contributed by atoms with van der Waals surface area (Å²) in [7, 11) is 3.19. The Labute approximate surface area is 125 Å². The first-order valence-corrected chi connectivity index (χ1v) is 7.49. The van der Waals surface area contributed by atoms with Crippen LogP contribution in [0.25, 0.3) is 0 Å². The Morgan fingerprint density at radius 1 is 1.14 bits per heavy atom. The van der Waals surface area contributed by atoms with Gasteiger partial charge in [0, 0.05) is 0 Å². The van der Waals surface area contributed by atoms with Crippen LogP contribution in [0.3, 0.4) is 0 Å². The van der Waals surface area contributed by atoms with Gasteiger partial charge in [0.15, 0.2) is 0 Å². The average molecular weight is 290 g/mol. The van der Waals surface area contributed by atoms with E-state index in [4.69, 9.17) is 9.47 Å². The summed E-state index contributed by atoms with van der Waals surface area (Å²) in [4.78, 5) is 15.2. The Kier molecular flexibility index (Phi) is 3.76. The molecule has 0 bridgehead atoms. The summed E-state index contributed by atoms with van der Waals surface area (Å²) in [6, 6.07) is 5.51. The maximum absolute atomic E-state index is 12.9. The molecule has 114 valence electrons. The van der Waals surface area contributed by atoms with Gasteiger partial charge in [-0.05, 0) is 50.9 Å². The van der Waals surface area contributed by atoms with Gasteiger partial charge in [0.25, 0.3) is 0 Å². The topological polar surface area (TPSA) is 50.8 Å². The number of hydrogen-bond donors (Lipinski definition) is 1. The first-order valence-electron chi connectivity index (χ1n) is 7.49. The smallest absolute Gasteiger partial charge is 0.245 e. The van der Waals surface area contributed by atoms with Crippen LogP contribution >= 0.6 is 0 Å². The SMILES string of the molecule is COc1cccc(OC)c1NC(=O)C12CCCN1CCC2. The minimum Gasteiger partial charge on any atom is -0.494 e. The van der Waals surface area contributed by atoms with Gasteiger partial charge in [-0.3, -0.25) is 9.69 Å². The van der Waals surface area contributed by atoms with Crippen molar-refractivity contribution in [3.05, 3.63) is 18.2 Å². The van der Waals surface area contributed by atoms with Crippen molar-refractivity contribution in [2.24, 2.45) is 0 Å². The monoisotopic (exact) mass is 290 g/mol. The molecule has 0 unspecified atom stereocenters. The fraction of sp³-hybridized carbons (Fsp3) is 0.562. The Bertz CT molecular complexity index is 512. The van der Waals surface area contributed by atoms with Gasteiger partial charge in [-0.25, -0.2) is 0 Å². The van der Waals surface area contributed by atoms with E-state index in [0.29, 0.717) is 17.2 Å². The minimum absolute atomic E-state index is 0.0697. The molecule has 1 amide bonds. The standard InChI is InChI=1S/C16H22N2O3/c1-20-12-6-3-7-13(21-2)14(12)17-15(19)16-8-4-10-18(16)11-5-9-16/h3,6-7H,4-5,8-11H2,1-2H3,(H,17,19). The molecule has 2 aliphatic heterocycles. The zero-order valence-corrected chi connectivity index (χ0v) is 12.6. The first kappa shape index (κ1) is 14.2. The van der Waals surface area contributed by atoms with Gasteiger partial charge < -0.3 is 14.8 Å². The van der Waals surface area contributed by atoms with Crippen LogP contribution < -0.4 is 14.8 Å². The third-order valence-electron chi connectivity index (χ3n) is 4.73.